The van der Waals surface area contributed by atoms with Crippen LogP contribution in [-0.4, -0.2) is 17.0 Å². The summed E-state index contributed by atoms with van der Waals surface area (Å²) in [6, 6.07) is 4.23. The van der Waals surface area contributed by atoms with Gasteiger partial charge in [-0.2, -0.15) is 13.2 Å². The van der Waals surface area contributed by atoms with Gasteiger partial charge < -0.3 is 5.32 Å². The Bertz CT molecular complexity index is 460. The summed E-state index contributed by atoms with van der Waals surface area (Å²) in [5, 5.41) is 2.27. The molecule has 0 aliphatic carbocycles. The fourth-order valence-electron chi connectivity index (χ4n) is 1.20. The average molecular weight is 324 g/mol. The Kier molecular flexibility index (Phi) is 4.89. The minimum atomic E-state index is -4.47. The Labute approximate surface area is 109 Å². The van der Waals surface area contributed by atoms with Crippen LogP contribution in [0, 0.1) is 0 Å². The fraction of sp³-hybridized carbons (Fsp3) is 0.273. The third kappa shape index (κ3) is 4.48. The number of benzene rings is 1. The van der Waals surface area contributed by atoms with E-state index in [1.54, 1.807) is 0 Å². The number of alkyl halides is 4. The van der Waals surface area contributed by atoms with Crippen LogP contribution in [-0.2, 0) is 15.8 Å². The molecule has 0 aliphatic heterocycles. The van der Waals surface area contributed by atoms with Crippen LogP contribution in [0.3, 0.4) is 0 Å². The van der Waals surface area contributed by atoms with E-state index in [0.29, 0.717) is 0 Å². The number of rotatable bonds is 4. The van der Waals surface area contributed by atoms with E-state index >= 15 is 0 Å². The maximum Gasteiger partial charge on any atom is 0.416 e. The zero-order valence-electron chi connectivity index (χ0n) is 9.05. The molecule has 0 radical (unpaired) electrons. The van der Waals surface area contributed by atoms with Crippen LogP contribution in [0.2, 0.25) is 0 Å². The van der Waals surface area contributed by atoms with Crippen LogP contribution in [0.5, 0.6) is 0 Å². The summed E-state index contributed by atoms with van der Waals surface area (Å²) in [4.78, 5) is 22.3. The summed E-state index contributed by atoms with van der Waals surface area (Å²) in [5.41, 5.74) is -0.843. The van der Waals surface area contributed by atoms with Gasteiger partial charge in [0.05, 0.1) is 17.3 Å². The lowest BCUT2D eigenvalue weighted by Gasteiger charge is -2.09. The van der Waals surface area contributed by atoms with Crippen molar-refractivity contribution in [3.8, 4) is 0 Å². The van der Waals surface area contributed by atoms with Crippen LogP contribution >= 0.6 is 15.9 Å². The quantitative estimate of drug-likeness (QED) is 0.684. The summed E-state index contributed by atoms with van der Waals surface area (Å²) in [6.07, 6.45) is -4.84. The molecule has 1 aromatic rings. The molecule has 1 amide bonds. The molecule has 1 rings (SSSR count). The molecule has 0 atom stereocenters. The number of carbonyl (C=O) groups excluding carboxylic acids is 2. The molecule has 0 heterocycles. The van der Waals surface area contributed by atoms with Gasteiger partial charge in [0.15, 0.2) is 5.78 Å². The van der Waals surface area contributed by atoms with E-state index in [1.807, 2.05) is 0 Å². The second-order valence-electron chi connectivity index (χ2n) is 3.48. The summed E-state index contributed by atoms with van der Waals surface area (Å²) in [5.74, 6) is -0.988. The largest absolute Gasteiger partial charge is 0.416 e. The number of hydrogen-bond acceptors (Lipinski definition) is 2. The standard InChI is InChI=1S/C11H9BrF3NO2/c12-6-9(17)5-10(18)16-8-3-1-2-7(4-8)11(13,14)15/h1-4H,5-6H2,(H,16,18). The molecule has 0 saturated heterocycles. The van der Waals surface area contributed by atoms with Crippen molar-refractivity contribution in [2.45, 2.75) is 12.6 Å². The first kappa shape index (κ1) is 14.7. The number of anilines is 1. The minimum Gasteiger partial charge on any atom is -0.326 e. The van der Waals surface area contributed by atoms with Crippen molar-refractivity contribution in [2.75, 3.05) is 10.6 Å². The number of ketones is 1. The van der Waals surface area contributed by atoms with Crippen molar-refractivity contribution in [1.29, 1.82) is 0 Å². The van der Waals surface area contributed by atoms with Crippen LogP contribution in [0.15, 0.2) is 24.3 Å². The predicted octanol–water partition coefficient (Wildman–Crippen LogP) is 3.00. The number of halogens is 4. The molecule has 0 bridgehead atoms. The molecule has 0 unspecified atom stereocenters. The van der Waals surface area contributed by atoms with E-state index in [0.717, 1.165) is 12.1 Å². The van der Waals surface area contributed by atoms with Gasteiger partial charge in [-0.15, -0.1) is 0 Å². The second kappa shape index (κ2) is 5.99. The molecular formula is C11H9BrF3NO2. The number of amides is 1. The van der Waals surface area contributed by atoms with E-state index in [4.69, 9.17) is 0 Å². The van der Waals surface area contributed by atoms with Crippen molar-refractivity contribution in [3.05, 3.63) is 29.8 Å². The highest BCUT2D eigenvalue weighted by Crippen LogP contribution is 2.30. The van der Waals surface area contributed by atoms with E-state index in [9.17, 15) is 22.8 Å². The van der Waals surface area contributed by atoms with Gasteiger partial charge in [0.25, 0.3) is 0 Å². The first-order chi connectivity index (χ1) is 8.32. The van der Waals surface area contributed by atoms with E-state index in [-0.39, 0.29) is 23.2 Å². The highest BCUT2D eigenvalue weighted by atomic mass is 79.9. The molecule has 0 spiro atoms. The zero-order valence-corrected chi connectivity index (χ0v) is 10.6. The Hall–Kier alpha value is -1.37. The van der Waals surface area contributed by atoms with Crippen LogP contribution < -0.4 is 5.32 Å². The predicted molar refractivity (Wildman–Crippen MR) is 63.5 cm³/mol. The Morgan fingerprint density at radius 2 is 1.94 bits per heavy atom. The SMILES string of the molecule is O=C(CBr)CC(=O)Nc1cccc(C(F)(F)F)c1. The Morgan fingerprint density at radius 3 is 2.50 bits per heavy atom. The maximum absolute atomic E-state index is 12.4. The molecule has 98 valence electrons. The summed E-state index contributed by atoms with van der Waals surface area (Å²) >= 11 is 2.89. The van der Waals surface area contributed by atoms with Gasteiger partial charge in [0, 0.05) is 5.69 Å². The minimum absolute atomic E-state index is 0.0113. The number of Topliss-reactive ketones (excluding diaryl/α,β-unsaturated/α-hetero) is 1. The smallest absolute Gasteiger partial charge is 0.326 e. The molecular weight excluding hydrogens is 315 g/mol. The van der Waals surface area contributed by atoms with Crippen molar-refractivity contribution in [3.63, 3.8) is 0 Å². The third-order valence-corrected chi connectivity index (χ3v) is 2.61. The second-order valence-corrected chi connectivity index (χ2v) is 4.04. The molecule has 0 aliphatic rings. The monoisotopic (exact) mass is 323 g/mol. The highest BCUT2D eigenvalue weighted by molar-refractivity contribution is 9.09. The maximum atomic E-state index is 12.4. The van der Waals surface area contributed by atoms with Crippen LogP contribution in [0.1, 0.15) is 12.0 Å². The van der Waals surface area contributed by atoms with Gasteiger partial charge in [-0.3, -0.25) is 9.59 Å². The molecule has 0 saturated carbocycles. The lowest BCUT2D eigenvalue weighted by molar-refractivity contribution is -0.137. The van der Waals surface area contributed by atoms with Gasteiger partial charge in [-0.25, -0.2) is 0 Å². The zero-order chi connectivity index (χ0) is 13.8. The van der Waals surface area contributed by atoms with Gasteiger partial charge in [0.1, 0.15) is 0 Å². The molecule has 1 aromatic carbocycles. The summed E-state index contributed by atoms with van der Waals surface area (Å²) in [7, 11) is 0. The normalized spacial score (nSPS) is 11.1. The molecule has 0 aromatic heterocycles. The highest BCUT2D eigenvalue weighted by Gasteiger charge is 2.30. The van der Waals surface area contributed by atoms with Crippen molar-refractivity contribution < 1.29 is 22.8 Å². The Balaban J connectivity index is 2.74. The molecule has 18 heavy (non-hydrogen) atoms. The summed E-state index contributed by atoms with van der Waals surface area (Å²) in [6.45, 7) is 0. The van der Waals surface area contributed by atoms with Gasteiger partial charge in [0.2, 0.25) is 5.91 Å². The van der Waals surface area contributed by atoms with Gasteiger partial charge >= 0.3 is 6.18 Å². The first-order valence-electron chi connectivity index (χ1n) is 4.87. The van der Waals surface area contributed by atoms with Gasteiger partial charge in [-0.1, -0.05) is 22.0 Å². The van der Waals surface area contributed by atoms with E-state index < -0.39 is 17.6 Å². The van der Waals surface area contributed by atoms with E-state index in [1.165, 1.54) is 12.1 Å². The van der Waals surface area contributed by atoms with Crippen molar-refractivity contribution in [1.82, 2.24) is 0 Å². The molecule has 3 nitrogen and oxygen atoms in total. The lowest BCUT2D eigenvalue weighted by atomic mass is 10.2. The third-order valence-electron chi connectivity index (χ3n) is 1.98. The summed E-state index contributed by atoms with van der Waals surface area (Å²) < 4.78 is 37.2. The number of nitrogens with one attached hydrogen (secondary N) is 1. The lowest BCUT2D eigenvalue weighted by Crippen LogP contribution is -2.17. The topological polar surface area (TPSA) is 46.2 Å². The molecule has 7 heteroatoms. The van der Waals surface area contributed by atoms with Crippen LogP contribution in [0.4, 0.5) is 18.9 Å². The first-order valence-corrected chi connectivity index (χ1v) is 6.00. The fourth-order valence-corrected chi connectivity index (χ4v) is 1.40. The molecule has 1 N–H and O–H groups in total. The van der Waals surface area contributed by atoms with Crippen molar-refractivity contribution >= 4 is 33.3 Å². The van der Waals surface area contributed by atoms with Gasteiger partial charge in [-0.05, 0) is 18.2 Å². The van der Waals surface area contributed by atoms with Crippen LogP contribution in [0.25, 0.3) is 0 Å². The van der Waals surface area contributed by atoms with Crippen molar-refractivity contribution in [2.24, 2.45) is 0 Å². The number of carbonyl (C=O) groups is 2. The number of hydrogen-bond donors (Lipinski definition) is 1. The average Bonchev–Trinajstić information content (AvgIpc) is 2.27. The molecule has 0 fully saturated rings. The Morgan fingerprint density at radius 1 is 1.28 bits per heavy atom. The van der Waals surface area contributed by atoms with E-state index in [2.05, 4.69) is 21.2 Å².